The smallest absolute Gasteiger partial charge is 0.295 e. The topological polar surface area (TPSA) is 87.0 Å². The number of aromatic hydroxyl groups is 1. The summed E-state index contributed by atoms with van der Waals surface area (Å²) in [5, 5.41) is 18.4. The van der Waals surface area contributed by atoms with Gasteiger partial charge >= 0.3 is 0 Å². The highest BCUT2D eigenvalue weighted by Crippen LogP contribution is 2.36. The van der Waals surface area contributed by atoms with Crippen LogP contribution in [0.15, 0.2) is 57.2 Å². The van der Waals surface area contributed by atoms with Crippen LogP contribution in [0.2, 0.25) is 0 Å². The van der Waals surface area contributed by atoms with Crippen molar-refractivity contribution in [3.05, 3.63) is 52.5 Å². The summed E-state index contributed by atoms with van der Waals surface area (Å²) < 4.78 is 6.51. The zero-order valence-corrected chi connectivity index (χ0v) is 17.2. The summed E-state index contributed by atoms with van der Waals surface area (Å²) in [6.07, 6.45) is 4.58. The molecule has 3 aromatic rings. The molecule has 28 heavy (non-hydrogen) atoms. The van der Waals surface area contributed by atoms with E-state index in [0.29, 0.717) is 23.1 Å². The highest BCUT2D eigenvalue weighted by molar-refractivity contribution is 9.10. The summed E-state index contributed by atoms with van der Waals surface area (Å²) in [6, 6.07) is 12.3. The van der Waals surface area contributed by atoms with Gasteiger partial charge in [-0.15, -0.1) is 10.2 Å². The molecular weight excluding hydrogens is 422 g/mol. The number of hydrogen-bond donors (Lipinski definition) is 2. The van der Waals surface area contributed by atoms with Crippen molar-refractivity contribution < 1.29 is 14.6 Å². The minimum Gasteiger partial charge on any atom is -0.494 e. The summed E-state index contributed by atoms with van der Waals surface area (Å²) in [5.74, 6) is 0.110. The molecule has 0 saturated carbocycles. The number of ether oxygens (including phenoxy) is 1. The number of amides is 1. The molecule has 0 unspecified atom stereocenters. The van der Waals surface area contributed by atoms with E-state index in [1.165, 1.54) is 12.8 Å². The minimum atomic E-state index is -0.488. The molecule has 1 heterocycles. The lowest BCUT2D eigenvalue weighted by Gasteiger charge is -2.06. The Hall–Kier alpha value is -2.67. The van der Waals surface area contributed by atoms with Crippen LogP contribution in [-0.2, 0) is 0 Å². The van der Waals surface area contributed by atoms with E-state index in [4.69, 9.17) is 4.74 Å². The Morgan fingerprint density at radius 2 is 1.93 bits per heavy atom. The van der Waals surface area contributed by atoms with E-state index in [1.54, 1.807) is 36.4 Å². The average Bonchev–Trinajstić information content (AvgIpc) is 3.01. The zero-order valence-electron chi connectivity index (χ0n) is 15.6. The van der Waals surface area contributed by atoms with Gasteiger partial charge in [0.2, 0.25) is 5.88 Å². The molecule has 146 valence electrons. The second-order valence-corrected chi connectivity index (χ2v) is 7.37. The third-order valence-electron chi connectivity index (χ3n) is 4.32. The van der Waals surface area contributed by atoms with Gasteiger partial charge in [-0.25, -0.2) is 0 Å². The lowest BCUT2D eigenvalue weighted by atomic mass is 10.2. The van der Waals surface area contributed by atoms with Crippen molar-refractivity contribution in [3.8, 4) is 11.6 Å². The van der Waals surface area contributed by atoms with Crippen molar-refractivity contribution in [1.29, 1.82) is 0 Å². The summed E-state index contributed by atoms with van der Waals surface area (Å²) >= 11 is 3.38. The molecule has 6 nitrogen and oxygen atoms in total. The SMILES string of the molecule is CCCCCCOc1ccc(C(=O)N=Nc2c(O)[nH]c3ccc(Br)cc23)cc1. The fourth-order valence-corrected chi connectivity index (χ4v) is 3.16. The first kappa shape index (κ1) is 20.1. The van der Waals surface area contributed by atoms with Crippen molar-refractivity contribution in [1.82, 2.24) is 4.98 Å². The lowest BCUT2D eigenvalue weighted by molar-refractivity contribution is 0.0995. The number of carbonyl (C=O) groups excluding carboxylic acids is 1. The summed E-state index contributed by atoms with van der Waals surface area (Å²) in [5.41, 5.74) is 1.35. The van der Waals surface area contributed by atoms with Crippen LogP contribution in [0.3, 0.4) is 0 Å². The molecule has 0 aliphatic heterocycles. The Labute approximate surface area is 171 Å². The van der Waals surface area contributed by atoms with Crippen molar-refractivity contribution in [2.75, 3.05) is 6.61 Å². The normalized spacial score (nSPS) is 11.4. The standard InChI is InChI=1S/C21H22BrN3O3/c1-2-3-4-5-12-28-16-9-6-14(7-10-16)20(26)25-24-19-17-13-15(22)8-11-18(17)23-21(19)27/h6-11,13,23,27H,2-5,12H2,1H3. The van der Waals surface area contributed by atoms with Crippen molar-refractivity contribution >= 4 is 38.4 Å². The highest BCUT2D eigenvalue weighted by Gasteiger charge is 2.12. The number of fused-ring (bicyclic) bond motifs is 1. The van der Waals surface area contributed by atoms with E-state index in [2.05, 4.69) is 38.1 Å². The zero-order chi connectivity index (χ0) is 19.9. The number of aromatic nitrogens is 1. The summed E-state index contributed by atoms with van der Waals surface area (Å²) in [7, 11) is 0. The number of azo groups is 1. The molecule has 0 radical (unpaired) electrons. The second kappa shape index (κ2) is 9.50. The molecule has 2 N–H and O–H groups in total. The van der Waals surface area contributed by atoms with Crippen LogP contribution in [0.1, 0.15) is 43.0 Å². The van der Waals surface area contributed by atoms with E-state index >= 15 is 0 Å². The maximum absolute atomic E-state index is 12.3. The van der Waals surface area contributed by atoms with Gasteiger partial charge in [-0.05, 0) is 48.9 Å². The molecular formula is C21H22BrN3O3. The van der Waals surface area contributed by atoms with E-state index in [0.717, 1.165) is 23.1 Å². The summed E-state index contributed by atoms with van der Waals surface area (Å²) in [6.45, 7) is 2.84. The summed E-state index contributed by atoms with van der Waals surface area (Å²) in [4.78, 5) is 15.1. The second-order valence-electron chi connectivity index (χ2n) is 6.45. The number of rotatable bonds is 8. The average molecular weight is 444 g/mol. The molecule has 0 bridgehead atoms. The third-order valence-corrected chi connectivity index (χ3v) is 4.82. The molecule has 2 aromatic carbocycles. The van der Waals surface area contributed by atoms with E-state index in [1.807, 2.05) is 6.07 Å². The van der Waals surface area contributed by atoms with Crippen LogP contribution in [0.5, 0.6) is 11.6 Å². The van der Waals surface area contributed by atoms with Gasteiger partial charge in [0.15, 0.2) is 5.69 Å². The largest absolute Gasteiger partial charge is 0.494 e. The van der Waals surface area contributed by atoms with Gasteiger partial charge < -0.3 is 14.8 Å². The first-order valence-electron chi connectivity index (χ1n) is 9.27. The molecule has 0 aliphatic carbocycles. The van der Waals surface area contributed by atoms with Crippen molar-refractivity contribution in [2.24, 2.45) is 10.2 Å². The Bertz CT molecular complexity index is 980. The van der Waals surface area contributed by atoms with Gasteiger partial charge in [-0.1, -0.05) is 42.1 Å². The fourth-order valence-electron chi connectivity index (χ4n) is 2.80. The predicted molar refractivity (Wildman–Crippen MR) is 113 cm³/mol. The van der Waals surface area contributed by atoms with Crippen LogP contribution in [-0.4, -0.2) is 22.6 Å². The van der Waals surface area contributed by atoms with Crippen LogP contribution < -0.4 is 4.74 Å². The van der Waals surface area contributed by atoms with Crippen LogP contribution >= 0.6 is 15.9 Å². The van der Waals surface area contributed by atoms with Crippen LogP contribution in [0.4, 0.5) is 5.69 Å². The Kier molecular flexibility index (Phi) is 6.81. The van der Waals surface area contributed by atoms with Gasteiger partial charge in [0.25, 0.3) is 5.91 Å². The van der Waals surface area contributed by atoms with Gasteiger partial charge in [-0.2, -0.15) is 0 Å². The van der Waals surface area contributed by atoms with Crippen LogP contribution in [0, 0.1) is 0 Å². The van der Waals surface area contributed by atoms with Crippen molar-refractivity contribution in [3.63, 3.8) is 0 Å². The molecule has 1 amide bonds. The lowest BCUT2D eigenvalue weighted by Crippen LogP contribution is -1.98. The number of nitrogens with zero attached hydrogens (tertiary/aromatic N) is 2. The number of nitrogens with one attached hydrogen (secondary N) is 1. The third kappa shape index (κ3) is 4.98. The first-order chi connectivity index (χ1) is 13.6. The predicted octanol–water partition coefficient (Wildman–Crippen LogP) is 6.52. The Morgan fingerprint density at radius 1 is 1.14 bits per heavy atom. The molecule has 1 aromatic heterocycles. The molecule has 0 spiro atoms. The number of carbonyl (C=O) groups is 1. The van der Waals surface area contributed by atoms with Gasteiger partial charge in [-0.3, -0.25) is 4.79 Å². The van der Waals surface area contributed by atoms with E-state index < -0.39 is 5.91 Å². The molecule has 7 heteroatoms. The maximum atomic E-state index is 12.3. The number of hydrogen-bond acceptors (Lipinski definition) is 4. The number of H-pyrrole nitrogens is 1. The first-order valence-corrected chi connectivity index (χ1v) is 10.1. The molecule has 0 saturated heterocycles. The number of unbranched alkanes of at least 4 members (excludes halogenated alkanes) is 3. The number of halogens is 1. The monoisotopic (exact) mass is 443 g/mol. The van der Waals surface area contributed by atoms with Crippen molar-refractivity contribution in [2.45, 2.75) is 32.6 Å². The molecule has 3 rings (SSSR count). The highest BCUT2D eigenvalue weighted by atomic mass is 79.9. The quantitative estimate of drug-likeness (QED) is 0.306. The molecule has 0 aliphatic rings. The Morgan fingerprint density at radius 3 is 2.68 bits per heavy atom. The van der Waals surface area contributed by atoms with Crippen LogP contribution in [0.25, 0.3) is 10.9 Å². The number of benzene rings is 2. The van der Waals surface area contributed by atoms with Gasteiger partial charge in [0.1, 0.15) is 5.75 Å². The number of aromatic amines is 1. The maximum Gasteiger partial charge on any atom is 0.295 e. The molecule has 0 fully saturated rings. The van der Waals surface area contributed by atoms with E-state index in [-0.39, 0.29) is 11.6 Å². The van der Waals surface area contributed by atoms with Gasteiger partial charge in [0, 0.05) is 15.4 Å². The minimum absolute atomic E-state index is 0.128. The fraction of sp³-hybridized carbons (Fsp3) is 0.286. The van der Waals surface area contributed by atoms with E-state index in [9.17, 15) is 9.90 Å². The molecule has 0 atom stereocenters. The van der Waals surface area contributed by atoms with Gasteiger partial charge in [0.05, 0.1) is 12.1 Å². The Balaban J connectivity index is 1.65.